The summed E-state index contributed by atoms with van der Waals surface area (Å²) in [5, 5.41) is 15.9. The first kappa shape index (κ1) is 19.9. The molecular formula is C19H14F3N7O2. The molecule has 2 amide bonds. The number of anilines is 2. The Morgan fingerprint density at radius 3 is 2.39 bits per heavy atom. The molecule has 0 radical (unpaired) electrons. The number of aromatic amines is 1. The van der Waals surface area contributed by atoms with Crippen molar-refractivity contribution in [2.24, 2.45) is 0 Å². The van der Waals surface area contributed by atoms with Gasteiger partial charge in [-0.25, -0.2) is 14.5 Å². The van der Waals surface area contributed by atoms with Crippen molar-refractivity contribution in [1.29, 1.82) is 0 Å². The van der Waals surface area contributed by atoms with Gasteiger partial charge in [-0.05, 0) is 48.5 Å². The van der Waals surface area contributed by atoms with E-state index in [4.69, 9.17) is 0 Å². The van der Waals surface area contributed by atoms with Crippen molar-refractivity contribution in [3.8, 4) is 22.8 Å². The number of hydrogen-bond acceptors (Lipinski definition) is 5. The Morgan fingerprint density at radius 1 is 1.00 bits per heavy atom. The zero-order chi connectivity index (χ0) is 21.8. The minimum atomic E-state index is -4.75. The zero-order valence-electron chi connectivity index (χ0n) is 15.6. The summed E-state index contributed by atoms with van der Waals surface area (Å²) >= 11 is 0. The molecule has 0 aliphatic heterocycles. The fourth-order valence-corrected chi connectivity index (χ4v) is 2.63. The zero-order valence-corrected chi connectivity index (χ0v) is 15.6. The van der Waals surface area contributed by atoms with Crippen LogP contribution in [0.4, 0.5) is 29.5 Å². The Morgan fingerprint density at radius 2 is 1.74 bits per heavy atom. The van der Waals surface area contributed by atoms with Gasteiger partial charge in [0, 0.05) is 17.3 Å². The normalized spacial score (nSPS) is 11.2. The summed E-state index contributed by atoms with van der Waals surface area (Å²) in [6.07, 6.45) is -1.79. The highest BCUT2D eigenvalue weighted by Gasteiger charge is 2.31. The summed E-state index contributed by atoms with van der Waals surface area (Å²) in [6, 6.07) is 13.3. The quantitative estimate of drug-likeness (QED) is 0.441. The van der Waals surface area contributed by atoms with Crippen LogP contribution < -0.4 is 15.4 Å². The fraction of sp³-hybridized carbons (Fsp3) is 0.0526. The van der Waals surface area contributed by atoms with E-state index in [0.29, 0.717) is 28.6 Å². The summed E-state index contributed by atoms with van der Waals surface area (Å²) in [5.41, 5.74) is 1.76. The first-order chi connectivity index (χ1) is 14.9. The summed E-state index contributed by atoms with van der Waals surface area (Å²) in [4.78, 5) is 16.1. The average molecular weight is 429 g/mol. The Hall–Kier alpha value is -4.35. The highest BCUT2D eigenvalue weighted by molar-refractivity contribution is 5.99. The third kappa shape index (κ3) is 5.18. The summed E-state index contributed by atoms with van der Waals surface area (Å²) in [6.45, 7) is 0. The SMILES string of the molecule is O=C(Nc1ccc(-c2ncn(-c3ccc(OC(F)(F)F)cc3)n2)cc1)Nc1ccn[nH]1. The van der Waals surface area contributed by atoms with Gasteiger partial charge in [0.05, 0.1) is 11.9 Å². The van der Waals surface area contributed by atoms with E-state index in [1.54, 1.807) is 30.3 Å². The number of urea groups is 1. The number of hydrogen-bond donors (Lipinski definition) is 3. The fourth-order valence-electron chi connectivity index (χ4n) is 2.63. The van der Waals surface area contributed by atoms with Gasteiger partial charge in [-0.15, -0.1) is 18.3 Å². The van der Waals surface area contributed by atoms with Crippen LogP contribution in [0.25, 0.3) is 17.1 Å². The van der Waals surface area contributed by atoms with Gasteiger partial charge >= 0.3 is 12.4 Å². The molecule has 3 N–H and O–H groups in total. The van der Waals surface area contributed by atoms with Crippen LogP contribution in [0.15, 0.2) is 67.1 Å². The standard InChI is InChI=1S/C19H14F3N7O2/c20-19(21,22)31-15-7-5-14(6-8-15)29-11-23-17(28-29)12-1-3-13(4-2-12)25-18(30)26-16-9-10-24-27-16/h1-11H,(H3,24,25,26,27,30). The maximum atomic E-state index is 12.3. The molecule has 0 aliphatic carbocycles. The monoisotopic (exact) mass is 429 g/mol. The Bertz CT molecular complexity index is 1150. The predicted molar refractivity (Wildman–Crippen MR) is 105 cm³/mol. The molecule has 4 rings (SSSR count). The van der Waals surface area contributed by atoms with Crippen molar-refractivity contribution in [2.45, 2.75) is 6.36 Å². The van der Waals surface area contributed by atoms with E-state index in [1.165, 1.54) is 41.5 Å². The smallest absolute Gasteiger partial charge is 0.406 e. The molecule has 0 aliphatic rings. The van der Waals surface area contributed by atoms with Crippen LogP contribution in [0.3, 0.4) is 0 Å². The van der Waals surface area contributed by atoms with Crippen molar-refractivity contribution in [2.75, 3.05) is 10.6 Å². The van der Waals surface area contributed by atoms with E-state index < -0.39 is 12.4 Å². The molecule has 158 valence electrons. The molecule has 4 aromatic rings. The third-order valence-electron chi connectivity index (χ3n) is 3.98. The molecule has 0 spiro atoms. The van der Waals surface area contributed by atoms with Crippen LogP contribution in [-0.4, -0.2) is 37.4 Å². The lowest BCUT2D eigenvalue weighted by molar-refractivity contribution is -0.274. The van der Waals surface area contributed by atoms with Crippen LogP contribution >= 0.6 is 0 Å². The summed E-state index contributed by atoms with van der Waals surface area (Å²) in [7, 11) is 0. The largest absolute Gasteiger partial charge is 0.573 e. The summed E-state index contributed by atoms with van der Waals surface area (Å²) in [5.74, 6) is 0.544. The maximum absolute atomic E-state index is 12.3. The molecule has 12 heteroatoms. The number of halogens is 3. The second kappa shape index (κ2) is 8.18. The van der Waals surface area contributed by atoms with Gasteiger partial charge in [0.1, 0.15) is 17.9 Å². The number of amides is 2. The molecule has 2 heterocycles. The number of benzene rings is 2. The van der Waals surface area contributed by atoms with E-state index in [9.17, 15) is 18.0 Å². The van der Waals surface area contributed by atoms with Gasteiger partial charge < -0.3 is 10.1 Å². The lowest BCUT2D eigenvalue weighted by atomic mass is 10.2. The molecule has 0 fully saturated rings. The lowest BCUT2D eigenvalue weighted by Gasteiger charge is -2.09. The van der Waals surface area contributed by atoms with Gasteiger partial charge in [-0.2, -0.15) is 5.10 Å². The number of alkyl halides is 3. The molecule has 9 nitrogen and oxygen atoms in total. The third-order valence-corrected chi connectivity index (χ3v) is 3.98. The number of nitrogens with one attached hydrogen (secondary N) is 3. The number of rotatable bonds is 5. The van der Waals surface area contributed by atoms with E-state index in [1.807, 2.05) is 0 Å². The second-order valence-electron chi connectivity index (χ2n) is 6.18. The second-order valence-corrected chi connectivity index (χ2v) is 6.18. The predicted octanol–water partition coefficient (Wildman–Crippen LogP) is 4.20. The molecule has 0 atom stereocenters. The highest BCUT2D eigenvalue weighted by atomic mass is 19.4. The minimum Gasteiger partial charge on any atom is -0.406 e. The molecule has 0 saturated heterocycles. The first-order valence-corrected chi connectivity index (χ1v) is 8.81. The number of carbonyl (C=O) groups is 1. The summed E-state index contributed by atoms with van der Waals surface area (Å²) < 4.78 is 42.1. The molecular weight excluding hydrogens is 415 g/mol. The number of aromatic nitrogens is 5. The highest BCUT2D eigenvalue weighted by Crippen LogP contribution is 2.24. The molecule has 2 aromatic heterocycles. The molecule has 31 heavy (non-hydrogen) atoms. The number of ether oxygens (including phenoxy) is 1. The first-order valence-electron chi connectivity index (χ1n) is 8.81. The van der Waals surface area contributed by atoms with Crippen molar-refractivity contribution < 1.29 is 22.7 Å². The van der Waals surface area contributed by atoms with Crippen LogP contribution in [0.2, 0.25) is 0 Å². The van der Waals surface area contributed by atoms with Crippen molar-refractivity contribution in [3.05, 3.63) is 67.1 Å². The van der Waals surface area contributed by atoms with Crippen LogP contribution in [0.1, 0.15) is 0 Å². The molecule has 0 bridgehead atoms. The van der Waals surface area contributed by atoms with Gasteiger partial charge in [0.15, 0.2) is 5.82 Å². The number of nitrogens with zero attached hydrogens (tertiary/aromatic N) is 4. The Kier molecular flexibility index (Phi) is 5.26. The Balaban J connectivity index is 1.41. The molecule has 0 unspecified atom stereocenters. The minimum absolute atomic E-state index is 0.323. The van der Waals surface area contributed by atoms with Crippen molar-refractivity contribution in [1.82, 2.24) is 25.0 Å². The maximum Gasteiger partial charge on any atom is 0.573 e. The van der Waals surface area contributed by atoms with E-state index >= 15 is 0 Å². The van der Waals surface area contributed by atoms with E-state index in [0.717, 1.165) is 0 Å². The number of H-pyrrole nitrogens is 1. The van der Waals surface area contributed by atoms with Crippen LogP contribution in [0.5, 0.6) is 5.75 Å². The van der Waals surface area contributed by atoms with E-state index in [2.05, 4.69) is 35.7 Å². The van der Waals surface area contributed by atoms with Gasteiger partial charge in [0.25, 0.3) is 0 Å². The average Bonchev–Trinajstić information content (AvgIpc) is 3.40. The van der Waals surface area contributed by atoms with Crippen molar-refractivity contribution >= 4 is 17.5 Å². The lowest BCUT2D eigenvalue weighted by Crippen LogP contribution is -2.19. The molecule has 2 aromatic carbocycles. The molecule has 0 saturated carbocycles. The number of carbonyl (C=O) groups excluding carboxylic acids is 1. The van der Waals surface area contributed by atoms with Gasteiger partial charge in [-0.1, -0.05) is 0 Å². The van der Waals surface area contributed by atoms with Gasteiger partial charge in [0.2, 0.25) is 0 Å². The topological polar surface area (TPSA) is 110 Å². The van der Waals surface area contributed by atoms with E-state index in [-0.39, 0.29) is 5.75 Å². The van der Waals surface area contributed by atoms with Crippen molar-refractivity contribution in [3.63, 3.8) is 0 Å². The Labute approximate surface area is 172 Å². The van der Waals surface area contributed by atoms with Crippen LogP contribution in [-0.2, 0) is 0 Å². The van der Waals surface area contributed by atoms with Crippen LogP contribution in [0, 0.1) is 0 Å². The van der Waals surface area contributed by atoms with Gasteiger partial charge in [-0.3, -0.25) is 10.4 Å².